The standard InChI is InChI=1S/C18H20N2O3S2/c1-14-5-2-3-6-15(14)20-13-18(11-16(20)21)8-9-19(12-18)25(22,23)17-7-4-10-24-17/h2-7,10H,8-9,11-13H2,1H3/t18-/m1/s1. The highest BCUT2D eigenvalue weighted by Gasteiger charge is 2.50. The van der Waals surface area contributed by atoms with Gasteiger partial charge in [-0.2, -0.15) is 4.31 Å². The fraction of sp³-hybridized carbons (Fsp3) is 0.389. The minimum atomic E-state index is -3.44. The van der Waals surface area contributed by atoms with E-state index in [2.05, 4.69) is 0 Å². The zero-order valence-corrected chi connectivity index (χ0v) is 15.6. The summed E-state index contributed by atoms with van der Waals surface area (Å²) in [5.41, 5.74) is 1.72. The van der Waals surface area contributed by atoms with Crippen LogP contribution in [0.4, 0.5) is 5.69 Å². The van der Waals surface area contributed by atoms with Gasteiger partial charge in [-0.3, -0.25) is 4.79 Å². The third-order valence-electron chi connectivity index (χ3n) is 5.22. The van der Waals surface area contributed by atoms with E-state index in [1.54, 1.807) is 21.8 Å². The molecule has 2 aliphatic rings. The molecule has 25 heavy (non-hydrogen) atoms. The van der Waals surface area contributed by atoms with Crippen LogP contribution in [0.25, 0.3) is 0 Å². The lowest BCUT2D eigenvalue weighted by Gasteiger charge is -2.24. The van der Waals surface area contributed by atoms with Crippen molar-refractivity contribution in [3.8, 4) is 0 Å². The monoisotopic (exact) mass is 376 g/mol. The number of thiophene rings is 1. The van der Waals surface area contributed by atoms with E-state index in [0.29, 0.717) is 30.3 Å². The second-order valence-electron chi connectivity index (χ2n) is 6.96. The van der Waals surface area contributed by atoms with Crippen molar-refractivity contribution in [3.63, 3.8) is 0 Å². The van der Waals surface area contributed by atoms with Crippen molar-refractivity contribution in [1.82, 2.24) is 4.31 Å². The second-order valence-corrected chi connectivity index (χ2v) is 10.1. The van der Waals surface area contributed by atoms with Crippen molar-refractivity contribution >= 4 is 33.0 Å². The molecule has 0 bridgehead atoms. The van der Waals surface area contributed by atoms with Gasteiger partial charge in [-0.05, 0) is 36.4 Å². The van der Waals surface area contributed by atoms with Crippen molar-refractivity contribution < 1.29 is 13.2 Å². The van der Waals surface area contributed by atoms with E-state index in [1.165, 1.54) is 11.3 Å². The molecule has 2 aromatic rings. The van der Waals surface area contributed by atoms with Crippen LogP contribution < -0.4 is 4.90 Å². The Kier molecular flexibility index (Phi) is 3.97. The summed E-state index contributed by atoms with van der Waals surface area (Å²) in [5, 5.41) is 1.78. The molecule has 1 amide bonds. The van der Waals surface area contributed by atoms with Gasteiger partial charge in [0, 0.05) is 37.2 Å². The molecule has 2 fully saturated rings. The molecule has 132 valence electrons. The molecular weight excluding hydrogens is 356 g/mol. The van der Waals surface area contributed by atoms with Gasteiger partial charge >= 0.3 is 0 Å². The van der Waals surface area contributed by atoms with Crippen LogP contribution in [-0.2, 0) is 14.8 Å². The topological polar surface area (TPSA) is 57.7 Å². The van der Waals surface area contributed by atoms with Crippen LogP contribution >= 0.6 is 11.3 Å². The van der Waals surface area contributed by atoms with E-state index in [-0.39, 0.29) is 11.3 Å². The molecule has 3 heterocycles. The van der Waals surface area contributed by atoms with Gasteiger partial charge in [0.05, 0.1) is 0 Å². The summed E-state index contributed by atoms with van der Waals surface area (Å²) in [5.74, 6) is 0.0877. The largest absolute Gasteiger partial charge is 0.312 e. The molecule has 0 saturated carbocycles. The van der Waals surface area contributed by atoms with Crippen LogP contribution in [0.5, 0.6) is 0 Å². The molecule has 7 heteroatoms. The van der Waals surface area contributed by atoms with Crippen molar-refractivity contribution in [2.24, 2.45) is 5.41 Å². The Morgan fingerprint density at radius 1 is 1.12 bits per heavy atom. The van der Waals surface area contributed by atoms with E-state index >= 15 is 0 Å². The predicted octanol–water partition coefficient (Wildman–Crippen LogP) is 2.87. The van der Waals surface area contributed by atoms with E-state index in [9.17, 15) is 13.2 Å². The van der Waals surface area contributed by atoms with E-state index in [0.717, 1.165) is 17.7 Å². The maximum absolute atomic E-state index is 12.8. The molecule has 0 unspecified atom stereocenters. The lowest BCUT2D eigenvalue weighted by Crippen LogP contribution is -2.34. The van der Waals surface area contributed by atoms with Crippen LogP contribution in [0.3, 0.4) is 0 Å². The molecular formula is C18H20N2O3S2. The Hall–Kier alpha value is -1.70. The van der Waals surface area contributed by atoms with Gasteiger partial charge in [0.1, 0.15) is 4.21 Å². The maximum Gasteiger partial charge on any atom is 0.252 e. The molecule has 0 radical (unpaired) electrons. The molecule has 0 N–H and O–H groups in total. The Morgan fingerprint density at radius 3 is 2.64 bits per heavy atom. The predicted molar refractivity (Wildman–Crippen MR) is 98.3 cm³/mol. The number of rotatable bonds is 3. The zero-order chi connectivity index (χ0) is 17.7. The first-order valence-corrected chi connectivity index (χ1v) is 10.6. The number of para-hydroxylation sites is 1. The Balaban J connectivity index is 1.57. The number of aryl methyl sites for hydroxylation is 1. The van der Waals surface area contributed by atoms with E-state index in [4.69, 9.17) is 0 Å². The smallest absolute Gasteiger partial charge is 0.252 e. The Morgan fingerprint density at radius 2 is 1.92 bits per heavy atom. The average Bonchev–Trinajstić information content (AvgIpc) is 3.30. The average molecular weight is 377 g/mol. The Bertz CT molecular complexity index is 908. The zero-order valence-electron chi connectivity index (χ0n) is 14.0. The van der Waals surface area contributed by atoms with Gasteiger partial charge in [-0.25, -0.2) is 8.42 Å². The number of carbonyl (C=O) groups excluding carboxylic acids is 1. The fourth-order valence-corrected chi connectivity index (χ4v) is 6.59. The number of anilines is 1. The van der Waals surface area contributed by atoms with Crippen LogP contribution in [-0.4, -0.2) is 38.3 Å². The summed E-state index contributed by atoms with van der Waals surface area (Å²) in [7, 11) is -3.44. The van der Waals surface area contributed by atoms with Gasteiger partial charge in [0.25, 0.3) is 10.0 Å². The molecule has 1 spiro atoms. The number of hydrogen-bond donors (Lipinski definition) is 0. The first kappa shape index (κ1) is 16.8. The molecule has 1 aromatic heterocycles. The van der Waals surface area contributed by atoms with E-state index in [1.807, 2.05) is 36.1 Å². The van der Waals surface area contributed by atoms with Crippen LogP contribution in [0.1, 0.15) is 18.4 Å². The maximum atomic E-state index is 12.8. The first-order chi connectivity index (χ1) is 11.9. The summed E-state index contributed by atoms with van der Waals surface area (Å²) in [4.78, 5) is 14.5. The third-order valence-corrected chi connectivity index (χ3v) is 8.44. The normalized spacial score (nSPS) is 24.5. The lowest BCUT2D eigenvalue weighted by atomic mass is 9.86. The van der Waals surface area contributed by atoms with Crippen molar-refractivity contribution in [2.45, 2.75) is 24.0 Å². The molecule has 5 nitrogen and oxygen atoms in total. The van der Waals surface area contributed by atoms with Crippen molar-refractivity contribution in [1.29, 1.82) is 0 Å². The third kappa shape index (κ3) is 2.80. The van der Waals surface area contributed by atoms with Gasteiger partial charge in [-0.15, -0.1) is 11.3 Å². The quantitative estimate of drug-likeness (QED) is 0.828. The van der Waals surface area contributed by atoms with Crippen LogP contribution in [0, 0.1) is 12.3 Å². The molecule has 2 aliphatic heterocycles. The highest BCUT2D eigenvalue weighted by molar-refractivity contribution is 7.91. The molecule has 2 saturated heterocycles. The van der Waals surface area contributed by atoms with Gasteiger partial charge in [0.2, 0.25) is 5.91 Å². The van der Waals surface area contributed by atoms with Gasteiger partial charge < -0.3 is 4.90 Å². The molecule has 1 atom stereocenters. The minimum absolute atomic E-state index is 0.0877. The van der Waals surface area contributed by atoms with Crippen molar-refractivity contribution in [3.05, 3.63) is 47.3 Å². The summed E-state index contributed by atoms with van der Waals surface area (Å²) in [6.07, 6.45) is 1.14. The molecule has 0 aliphatic carbocycles. The second kappa shape index (κ2) is 5.93. The lowest BCUT2D eigenvalue weighted by molar-refractivity contribution is -0.117. The highest BCUT2D eigenvalue weighted by Crippen LogP contribution is 2.44. The number of amides is 1. The van der Waals surface area contributed by atoms with E-state index < -0.39 is 10.0 Å². The molecule has 4 rings (SSSR count). The number of carbonyl (C=O) groups is 1. The summed E-state index contributed by atoms with van der Waals surface area (Å²) in [6.45, 7) is 3.49. The number of benzene rings is 1. The number of sulfonamides is 1. The van der Waals surface area contributed by atoms with Crippen LogP contribution in [0.2, 0.25) is 0 Å². The Labute approximate surface area is 151 Å². The fourth-order valence-electron chi connectivity index (χ4n) is 3.89. The van der Waals surface area contributed by atoms with Crippen molar-refractivity contribution in [2.75, 3.05) is 24.5 Å². The van der Waals surface area contributed by atoms with Gasteiger partial charge in [0.15, 0.2) is 0 Å². The summed E-state index contributed by atoms with van der Waals surface area (Å²) < 4.78 is 27.4. The van der Waals surface area contributed by atoms with Crippen LogP contribution in [0.15, 0.2) is 46.0 Å². The molecule has 1 aromatic carbocycles. The van der Waals surface area contributed by atoms with Gasteiger partial charge in [-0.1, -0.05) is 24.3 Å². The number of nitrogens with zero attached hydrogens (tertiary/aromatic N) is 2. The highest BCUT2D eigenvalue weighted by atomic mass is 32.2. The SMILES string of the molecule is Cc1ccccc1N1C[C@]2(CCN(S(=O)(=O)c3cccs3)C2)CC1=O. The first-order valence-electron chi connectivity index (χ1n) is 8.31. The minimum Gasteiger partial charge on any atom is -0.312 e. The number of hydrogen-bond acceptors (Lipinski definition) is 4. The summed E-state index contributed by atoms with van der Waals surface area (Å²) >= 11 is 1.24. The summed E-state index contributed by atoms with van der Waals surface area (Å²) in [6, 6.07) is 11.2.